The predicted octanol–water partition coefficient (Wildman–Crippen LogP) is 3.16. The first-order chi connectivity index (χ1) is 9.58. The van der Waals surface area contributed by atoms with Gasteiger partial charge in [-0.3, -0.25) is 9.59 Å². The number of ketones is 1. The van der Waals surface area contributed by atoms with Crippen LogP contribution in [0.3, 0.4) is 0 Å². The van der Waals surface area contributed by atoms with Crippen LogP contribution in [0.1, 0.15) is 12.0 Å². The van der Waals surface area contributed by atoms with Crippen LogP contribution in [0.5, 0.6) is 0 Å². The maximum atomic E-state index is 12.1. The van der Waals surface area contributed by atoms with Gasteiger partial charge >= 0.3 is 0 Å². The zero-order valence-electron chi connectivity index (χ0n) is 10.5. The summed E-state index contributed by atoms with van der Waals surface area (Å²) in [5.74, 6) is -0.851. The molecule has 2 aliphatic rings. The summed E-state index contributed by atoms with van der Waals surface area (Å²) in [6.45, 7) is 0.358. The van der Waals surface area contributed by atoms with Gasteiger partial charge in [0.15, 0.2) is 0 Å². The number of fused-ring (bicyclic) bond motifs is 1. The summed E-state index contributed by atoms with van der Waals surface area (Å²) in [5.41, 5.74) is 1.44. The molecule has 1 aromatic carbocycles. The fourth-order valence-corrected chi connectivity index (χ4v) is 2.87. The molecule has 0 N–H and O–H groups in total. The first-order valence-corrected chi connectivity index (χ1v) is 6.99. The lowest BCUT2D eigenvalue weighted by Crippen LogP contribution is -2.33. The van der Waals surface area contributed by atoms with Gasteiger partial charge in [0.05, 0.1) is 16.1 Å². The first-order valence-electron chi connectivity index (χ1n) is 6.24. The molecule has 0 bridgehead atoms. The maximum Gasteiger partial charge on any atom is 0.295 e. The summed E-state index contributed by atoms with van der Waals surface area (Å²) in [6, 6.07) is 5.07. The fraction of sp³-hybridized carbons (Fsp3) is 0.200. The molecule has 0 radical (unpaired) electrons. The van der Waals surface area contributed by atoms with Gasteiger partial charge in [0.1, 0.15) is 0 Å². The van der Waals surface area contributed by atoms with Crippen LogP contribution in [-0.4, -0.2) is 22.6 Å². The van der Waals surface area contributed by atoms with E-state index in [2.05, 4.69) is 0 Å². The van der Waals surface area contributed by atoms with Crippen molar-refractivity contribution in [1.29, 1.82) is 0 Å². The molecule has 1 fully saturated rings. The number of nitrogens with zero attached hydrogens (tertiary/aromatic N) is 1. The lowest BCUT2D eigenvalue weighted by molar-refractivity contribution is -0.140. The molecule has 102 valence electrons. The highest BCUT2D eigenvalue weighted by Crippen LogP contribution is 2.30. The van der Waals surface area contributed by atoms with Crippen LogP contribution in [0.4, 0.5) is 0 Å². The molecular weight excluding hydrogens is 297 g/mol. The molecule has 0 aromatic heterocycles. The Bertz CT molecular complexity index is 664. The molecule has 1 saturated heterocycles. The first kappa shape index (κ1) is 13.4. The van der Waals surface area contributed by atoms with E-state index in [1.807, 2.05) is 18.2 Å². The van der Waals surface area contributed by atoms with E-state index < -0.39 is 11.7 Å². The van der Waals surface area contributed by atoms with Crippen LogP contribution in [0.25, 0.3) is 0 Å². The molecule has 20 heavy (non-hydrogen) atoms. The number of rotatable bonds is 2. The van der Waals surface area contributed by atoms with E-state index in [1.165, 1.54) is 0 Å². The van der Waals surface area contributed by atoms with Gasteiger partial charge < -0.3 is 4.90 Å². The summed E-state index contributed by atoms with van der Waals surface area (Å²) in [6.07, 6.45) is 6.18. The standard InChI is InChI=1S/C15H11Cl2NO2/c16-11-6-5-9(7-12(11)17)8-18-13-4-2-1-3-10(13)14(19)15(18)20/h1-3,5-7,13H,4,8H2. The van der Waals surface area contributed by atoms with Crippen molar-refractivity contribution in [2.75, 3.05) is 0 Å². The van der Waals surface area contributed by atoms with Crippen LogP contribution in [0, 0.1) is 0 Å². The highest BCUT2D eigenvalue weighted by Gasteiger charge is 2.42. The number of hydrogen-bond acceptors (Lipinski definition) is 2. The van der Waals surface area contributed by atoms with E-state index in [4.69, 9.17) is 23.2 Å². The van der Waals surface area contributed by atoms with Crippen molar-refractivity contribution in [2.24, 2.45) is 0 Å². The minimum atomic E-state index is -0.448. The quantitative estimate of drug-likeness (QED) is 0.787. The van der Waals surface area contributed by atoms with Gasteiger partial charge in [-0.1, -0.05) is 47.5 Å². The summed E-state index contributed by atoms with van der Waals surface area (Å²) >= 11 is 11.9. The van der Waals surface area contributed by atoms with Gasteiger partial charge in [-0.2, -0.15) is 0 Å². The molecule has 3 rings (SSSR count). The maximum absolute atomic E-state index is 12.1. The van der Waals surface area contributed by atoms with E-state index in [9.17, 15) is 9.59 Å². The Hall–Kier alpha value is -1.58. The lowest BCUT2D eigenvalue weighted by Gasteiger charge is -2.24. The van der Waals surface area contributed by atoms with Gasteiger partial charge in [0.25, 0.3) is 5.91 Å². The molecule has 0 saturated carbocycles. The molecule has 3 nitrogen and oxygen atoms in total. The minimum Gasteiger partial charge on any atom is -0.324 e. The largest absolute Gasteiger partial charge is 0.324 e. The molecule has 0 spiro atoms. The monoisotopic (exact) mass is 307 g/mol. The van der Waals surface area contributed by atoms with E-state index in [0.717, 1.165) is 5.56 Å². The van der Waals surface area contributed by atoms with E-state index >= 15 is 0 Å². The molecule has 5 heteroatoms. The predicted molar refractivity (Wildman–Crippen MR) is 77.6 cm³/mol. The summed E-state index contributed by atoms with van der Waals surface area (Å²) < 4.78 is 0. The summed E-state index contributed by atoms with van der Waals surface area (Å²) in [4.78, 5) is 25.6. The molecule has 1 unspecified atom stereocenters. The second kappa shape index (κ2) is 5.08. The van der Waals surface area contributed by atoms with Crippen molar-refractivity contribution in [3.8, 4) is 0 Å². The van der Waals surface area contributed by atoms with Crippen molar-refractivity contribution < 1.29 is 9.59 Å². The lowest BCUT2D eigenvalue weighted by atomic mass is 9.99. The Morgan fingerprint density at radius 2 is 2.00 bits per heavy atom. The van der Waals surface area contributed by atoms with Crippen LogP contribution in [0.2, 0.25) is 10.0 Å². The second-order valence-corrected chi connectivity index (χ2v) is 5.63. The molecule has 1 aliphatic carbocycles. The normalized spacial score (nSPS) is 21.2. The van der Waals surface area contributed by atoms with Crippen LogP contribution >= 0.6 is 23.2 Å². The highest BCUT2D eigenvalue weighted by molar-refractivity contribution is 6.45. The minimum absolute atomic E-state index is 0.158. The van der Waals surface area contributed by atoms with E-state index in [-0.39, 0.29) is 6.04 Å². The Labute approximate surface area is 126 Å². The third kappa shape index (κ3) is 2.17. The second-order valence-electron chi connectivity index (χ2n) is 4.81. The van der Waals surface area contributed by atoms with Gasteiger partial charge in [-0.05, 0) is 24.1 Å². The number of amides is 1. The van der Waals surface area contributed by atoms with Gasteiger partial charge in [0, 0.05) is 12.1 Å². The topological polar surface area (TPSA) is 37.4 Å². The number of benzene rings is 1. The zero-order chi connectivity index (χ0) is 14.3. The van der Waals surface area contributed by atoms with E-state index in [0.29, 0.717) is 28.6 Å². The molecule has 1 aliphatic heterocycles. The average molecular weight is 308 g/mol. The summed E-state index contributed by atoms with van der Waals surface area (Å²) in [7, 11) is 0. The molecule has 1 amide bonds. The van der Waals surface area contributed by atoms with Crippen molar-refractivity contribution in [2.45, 2.75) is 19.0 Å². The Morgan fingerprint density at radius 3 is 2.75 bits per heavy atom. The van der Waals surface area contributed by atoms with Crippen LogP contribution < -0.4 is 0 Å². The van der Waals surface area contributed by atoms with Crippen LogP contribution in [0.15, 0.2) is 42.0 Å². The van der Waals surface area contributed by atoms with Crippen molar-refractivity contribution in [3.05, 3.63) is 57.6 Å². The number of hydrogen-bond donors (Lipinski definition) is 0. The van der Waals surface area contributed by atoms with Gasteiger partial charge in [0.2, 0.25) is 5.78 Å². The zero-order valence-corrected chi connectivity index (χ0v) is 12.0. The fourth-order valence-electron chi connectivity index (χ4n) is 2.55. The summed E-state index contributed by atoms with van der Waals surface area (Å²) in [5, 5.41) is 0.918. The van der Waals surface area contributed by atoms with Crippen molar-refractivity contribution >= 4 is 34.9 Å². The number of carbonyl (C=O) groups excluding carboxylic acids is 2. The molecule has 1 atom stereocenters. The number of Topliss-reactive ketones (excluding diaryl/α,β-unsaturated/α-hetero) is 1. The highest BCUT2D eigenvalue weighted by atomic mass is 35.5. The van der Waals surface area contributed by atoms with Gasteiger partial charge in [-0.15, -0.1) is 0 Å². The third-order valence-electron chi connectivity index (χ3n) is 3.56. The number of halogens is 2. The van der Waals surface area contributed by atoms with Gasteiger partial charge in [-0.25, -0.2) is 0 Å². The average Bonchev–Trinajstić information content (AvgIpc) is 2.69. The Morgan fingerprint density at radius 1 is 1.20 bits per heavy atom. The SMILES string of the molecule is O=C1C(=O)N(Cc2ccc(Cl)c(Cl)c2)C2CC=CC=C12. The smallest absolute Gasteiger partial charge is 0.295 e. The number of likely N-dealkylation sites (tertiary alicyclic amines) is 1. The molecule has 1 aromatic rings. The van der Waals surface area contributed by atoms with Crippen molar-refractivity contribution in [3.63, 3.8) is 0 Å². The number of carbonyl (C=O) groups is 2. The van der Waals surface area contributed by atoms with Crippen molar-refractivity contribution in [1.82, 2.24) is 4.90 Å². The Kier molecular flexibility index (Phi) is 3.40. The van der Waals surface area contributed by atoms with E-state index in [1.54, 1.807) is 23.1 Å². The third-order valence-corrected chi connectivity index (χ3v) is 4.30. The van der Waals surface area contributed by atoms with Crippen LogP contribution in [-0.2, 0) is 16.1 Å². The Balaban J connectivity index is 1.88. The molecular formula is C15H11Cl2NO2. The molecule has 1 heterocycles. The number of allylic oxidation sites excluding steroid dienone is 2.